The minimum atomic E-state index is -0.834. The number of hydrogen-bond donors (Lipinski definition) is 1. The van der Waals surface area contributed by atoms with E-state index in [4.69, 9.17) is 5.11 Å². The largest absolute Gasteiger partial charge is 0.481 e. The van der Waals surface area contributed by atoms with Gasteiger partial charge >= 0.3 is 5.97 Å². The van der Waals surface area contributed by atoms with Crippen LogP contribution in [0.25, 0.3) is 0 Å². The molecule has 0 spiro atoms. The molecule has 0 aromatic heterocycles. The summed E-state index contributed by atoms with van der Waals surface area (Å²) >= 11 is 0. The fourth-order valence-corrected chi connectivity index (χ4v) is 3.23. The molecule has 0 saturated carbocycles. The van der Waals surface area contributed by atoms with Gasteiger partial charge < -0.3 is 5.11 Å². The Morgan fingerprint density at radius 1 is 0.720 bits per heavy atom. The summed E-state index contributed by atoms with van der Waals surface area (Å²) < 4.78 is 0. The highest BCUT2D eigenvalue weighted by atomic mass is 16.4. The molecule has 0 aliphatic rings. The molecule has 0 atom stereocenters. The summed E-state index contributed by atoms with van der Waals surface area (Å²) in [6.45, 7) is 0. The summed E-state index contributed by atoms with van der Waals surface area (Å²) in [5.74, 6) is -0.834. The predicted molar refractivity (Wildman–Crippen MR) is 101 cm³/mol. The predicted octanol–water partition coefficient (Wildman–Crippen LogP) is 5.05. The number of benzene rings is 3. The summed E-state index contributed by atoms with van der Waals surface area (Å²) in [5, 5.41) is 9.07. The van der Waals surface area contributed by atoms with Gasteiger partial charge in [0.2, 0.25) is 0 Å². The molecular formula is C23H20O2. The van der Waals surface area contributed by atoms with Crippen molar-refractivity contribution in [2.24, 2.45) is 0 Å². The van der Waals surface area contributed by atoms with Gasteiger partial charge in [-0.15, -0.1) is 0 Å². The molecule has 0 radical (unpaired) electrons. The van der Waals surface area contributed by atoms with Gasteiger partial charge in [0.05, 0.1) is 11.8 Å². The Balaban J connectivity index is 2.27. The van der Waals surface area contributed by atoms with E-state index in [9.17, 15) is 4.79 Å². The van der Waals surface area contributed by atoms with Gasteiger partial charge in [-0.05, 0) is 16.7 Å². The normalized spacial score (nSPS) is 11.5. The molecule has 2 nitrogen and oxygen atoms in total. The lowest BCUT2D eigenvalue weighted by atomic mass is 9.69. The highest BCUT2D eigenvalue weighted by Crippen LogP contribution is 2.40. The van der Waals surface area contributed by atoms with Crippen LogP contribution in [0.5, 0.6) is 0 Å². The molecule has 3 aromatic carbocycles. The maximum Gasteiger partial charge on any atom is 0.307 e. The number of aliphatic carboxylic acids is 1. The second-order valence-electron chi connectivity index (χ2n) is 5.91. The Morgan fingerprint density at radius 3 is 1.40 bits per heavy atom. The third-order valence-corrected chi connectivity index (χ3v) is 4.35. The van der Waals surface area contributed by atoms with Gasteiger partial charge in [-0.2, -0.15) is 0 Å². The van der Waals surface area contributed by atoms with Crippen LogP contribution in [0.3, 0.4) is 0 Å². The second kappa shape index (κ2) is 7.63. The van der Waals surface area contributed by atoms with Gasteiger partial charge in [0.25, 0.3) is 0 Å². The molecule has 3 rings (SSSR count). The smallest absolute Gasteiger partial charge is 0.307 e. The first kappa shape index (κ1) is 16.7. The molecule has 0 unspecified atom stereocenters. The van der Waals surface area contributed by atoms with E-state index in [1.165, 1.54) is 0 Å². The molecule has 0 saturated heterocycles. The van der Waals surface area contributed by atoms with Crippen LogP contribution in [0.2, 0.25) is 0 Å². The average molecular weight is 328 g/mol. The van der Waals surface area contributed by atoms with Crippen LogP contribution in [0, 0.1) is 0 Å². The SMILES string of the molecule is O=C(O)C/C=C\C(c1ccccc1)(c1ccccc1)c1ccccc1. The van der Waals surface area contributed by atoms with E-state index in [1.807, 2.05) is 60.7 Å². The molecule has 2 heteroatoms. The topological polar surface area (TPSA) is 37.3 Å². The van der Waals surface area contributed by atoms with Gasteiger partial charge in [-0.1, -0.05) is 103 Å². The Labute approximate surface area is 148 Å². The lowest BCUT2D eigenvalue weighted by molar-refractivity contribution is -0.136. The summed E-state index contributed by atoms with van der Waals surface area (Å²) in [7, 11) is 0. The van der Waals surface area contributed by atoms with Crippen molar-refractivity contribution >= 4 is 5.97 Å². The highest BCUT2D eigenvalue weighted by molar-refractivity contribution is 5.69. The summed E-state index contributed by atoms with van der Waals surface area (Å²) in [4.78, 5) is 11.0. The average Bonchev–Trinajstić information content (AvgIpc) is 2.67. The maximum absolute atomic E-state index is 11.0. The van der Waals surface area contributed by atoms with E-state index in [0.29, 0.717) is 0 Å². The van der Waals surface area contributed by atoms with E-state index < -0.39 is 11.4 Å². The summed E-state index contributed by atoms with van der Waals surface area (Å²) in [5.41, 5.74) is 2.79. The molecule has 0 fully saturated rings. The van der Waals surface area contributed by atoms with Crippen molar-refractivity contribution in [2.45, 2.75) is 11.8 Å². The molecule has 3 aromatic rings. The molecular weight excluding hydrogens is 308 g/mol. The molecule has 0 aliphatic carbocycles. The van der Waals surface area contributed by atoms with Crippen LogP contribution in [0.4, 0.5) is 0 Å². The zero-order chi connectivity index (χ0) is 17.5. The van der Waals surface area contributed by atoms with E-state index in [0.717, 1.165) is 16.7 Å². The number of allylic oxidation sites excluding steroid dienone is 1. The molecule has 0 amide bonds. The standard InChI is InChI=1S/C23H20O2/c24-22(25)17-10-18-23(19-11-4-1-5-12-19,20-13-6-2-7-14-20)21-15-8-3-9-16-21/h1-16,18H,17H2,(H,24,25)/b18-10-. The fourth-order valence-electron chi connectivity index (χ4n) is 3.23. The minimum Gasteiger partial charge on any atom is -0.481 e. The molecule has 0 bridgehead atoms. The number of carboxylic acids is 1. The van der Waals surface area contributed by atoms with Crippen molar-refractivity contribution in [1.82, 2.24) is 0 Å². The fraction of sp³-hybridized carbons (Fsp3) is 0.0870. The van der Waals surface area contributed by atoms with Crippen molar-refractivity contribution in [3.8, 4) is 0 Å². The molecule has 25 heavy (non-hydrogen) atoms. The number of hydrogen-bond acceptors (Lipinski definition) is 1. The van der Waals surface area contributed by atoms with E-state index in [-0.39, 0.29) is 6.42 Å². The maximum atomic E-state index is 11.0. The number of carboxylic acid groups (broad SMARTS) is 1. The quantitative estimate of drug-likeness (QED) is 0.508. The number of rotatable bonds is 6. The zero-order valence-corrected chi connectivity index (χ0v) is 13.9. The summed E-state index contributed by atoms with van der Waals surface area (Å²) in [6.07, 6.45) is 3.75. The van der Waals surface area contributed by atoms with Crippen molar-refractivity contribution < 1.29 is 9.90 Å². The second-order valence-corrected chi connectivity index (χ2v) is 5.91. The van der Waals surface area contributed by atoms with Crippen LogP contribution in [-0.2, 0) is 10.2 Å². The van der Waals surface area contributed by atoms with Crippen molar-refractivity contribution in [3.05, 3.63) is 120 Å². The first-order valence-corrected chi connectivity index (χ1v) is 8.29. The molecule has 1 N–H and O–H groups in total. The Morgan fingerprint density at radius 2 is 1.08 bits per heavy atom. The van der Waals surface area contributed by atoms with E-state index in [1.54, 1.807) is 6.08 Å². The van der Waals surface area contributed by atoms with Crippen LogP contribution >= 0.6 is 0 Å². The Kier molecular flexibility index (Phi) is 5.10. The molecule has 124 valence electrons. The van der Waals surface area contributed by atoms with Gasteiger partial charge in [0, 0.05) is 0 Å². The third-order valence-electron chi connectivity index (χ3n) is 4.35. The van der Waals surface area contributed by atoms with Crippen molar-refractivity contribution in [3.63, 3.8) is 0 Å². The lowest BCUT2D eigenvalue weighted by Gasteiger charge is -2.33. The van der Waals surface area contributed by atoms with Gasteiger partial charge in [-0.3, -0.25) is 4.79 Å². The Hall–Kier alpha value is -3.13. The van der Waals surface area contributed by atoms with Crippen LogP contribution in [0.1, 0.15) is 23.1 Å². The van der Waals surface area contributed by atoms with Crippen LogP contribution < -0.4 is 0 Å². The third kappa shape index (κ3) is 3.53. The first-order valence-electron chi connectivity index (χ1n) is 8.29. The minimum absolute atomic E-state index is 0.00570. The monoisotopic (exact) mass is 328 g/mol. The Bertz CT molecular complexity index is 740. The van der Waals surface area contributed by atoms with Crippen molar-refractivity contribution in [1.29, 1.82) is 0 Å². The van der Waals surface area contributed by atoms with Gasteiger partial charge in [0.1, 0.15) is 0 Å². The van der Waals surface area contributed by atoms with Gasteiger partial charge in [0.15, 0.2) is 0 Å². The van der Waals surface area contributed by atoms with Crippen molar-refractivity contribution in [2.75, 3.05) is 0 Å². The lowest BCUT2D eigenvalue weighted by Crippen LogP contribution is -2.27. The zero-order valence-electron chi connectivity index (χ0n) is 13.9. The van der Waals surface area contributed by atoms with Crippen LogP contribution in [0.15, 0.2) is 103 Å². The highest BCUT2D eigenvalue weighted by Gasteiger charge is 2.33. The van der Waals surface area contributed by atoms with E-state index >= 15 is 0 Å². The van der Waals surface area contributed by atoms with Gasteiger partial charge in [-0.25, -0.2) is 0 Å². The number of carbonyl (C=O) groups is 1. The molecule has 0 aliphatic heterocycles. The molecule has 0 heterocycles. The van der Waals surface area contributed by atoms with E-state index in [2.05, 4.69) is 36.4 Å². The summed E-state index contributed by atoms with van der Waals surface area (Å²) in [6, 6.07) is 30.6. The van der Waals surface area contributed by atoms with Crippen LogP contribution in [-0.4, -0.2) is 11.1 Å². The first-order chi connectivity index (χ1) is 12.2.